The fourth-order valence-electron chi connectivity index (χ4n) is 3.51. The normalized spacial score (nSPS) is 17.9. The molecule has 1 aliphatic heterocycles. The number of benzene rings is 1. The Labute approximate surface area is 157 Å². The first-order valence-electron chi connectivity index (χ1n) is 8.94. The Morgan fingerprint density at radius 1 is 1.30 bits per heavy atom. The van der Waals surface area contributed by atoms with Crippen molar-refractivity contribution in [3.63, 3.8) is 0 Å². The van der Waals surface area contributed by atoms with Crippen LogP contribution in [0.4, 0.5) is 0 Å². The first kappa shape index (κ1) is 17.5. The molecule has 0 bridgehead atoms. The molecule has 3 heterocycles. The van der Waals surface area contributed by atoms with Gasteiger partial charge >= 0.3 is 5.97 Å². The van der Waals surface area contributed by atoms with Gasteiger partial charge in [0.15, 0.2) is 0 Å². The number of aromatic nitrogens is 2. The molecule has 2 aromatic heterocycles. The zero-order chi connectivity index (χ0) is 18.8. The van der Waals surface area contributed by atoms with Crippen LogP contribution in [0, 0.1) is 0 Å². The Morgan fingerprint density at radius 3 is 2.85 bits per heavy atom. The van der Waals surface area contributed by atoms with Gasteiger partial charge in [0.2, 0.25) is 0 Å². The number of aliphatic carboxylic acids is 1. The molecule has 7 heteroatoms. The predicted octanol–water partition coefficient (Wildman–Crippen LogP) is 1.87. The molecule has 4 rings (SSSR count). The second-order valence-electron chi connectivity index (χ2n) is 6.64. The fourth-order valence-corrected chi connectivity index (χ4v) is 3.51. The summed E-state index contributed by atoms with van der Waals surface area (Å²) in [4.78, 5) is 18.3. The van der Waals surface area contributed by atoms with Crippen LogP contribution in [-0.2, 0) is 11.3 Å². The maximum absolute atomic E-state index is 11.3. The Morgan fingerprint density at radius 2 is 2.11 bits per heavy atom. The summed E-state index contributed by atoms with van der Waals surface area (Å²) in [5.41, 5.74) is 3.86. The molecule has 2 N–H and O–H groups in total. The first-order chi connectivity index (χ1) is 13.2. The summed E-state index contributed by atoms with van der Waals surface area (Å²) in [5.74, 6) is -0.0105. The van der Waals surface area contributed by atoms with Gasteiger partial charge in [-0.2, -0.15) is 0 Å². The highest BCUT2D eigenvalue weighted by Gasteiger charge is 2.26. The summed E-state index contributed by atoms with van der Waals surface area (Å²) in [6, 6.07) is 13.2. The van der Waals surface area contributed by atoms with Crippen molar-refractivity contribution in [1.29, 1.82) is 0 Å². The van der Waals surface area contributed by atoms with E-state index in [2.05, 4.69) is 14.6 Å². The SMILES string of the molecule is COc1ccc(-c2nc3ccccn3c2CN2CCNC(C(=O)O)C2)cc1. The molecule has 1 fully saturated rings. The van der Waals surface area contributed by atoms with Crippen molar-refractivity contribution in [3.05, 3.63) is 54.4 Å². The number of hydrogen-bond donors (Lipinski definition) is 2. The van der Waals surface area contributed by atoms with E-state index in [1.807, 2.05) is 48.7 Å². The van der Waals surface area contributed by atoms with E-state index in [9.17, 15) is 9.90 Å². The van der Waals surface area contributed by atoms with Crippen molar-refractivity contribution in [1.82, 2.24) is 19.6 Å². The van der Waals surface area contributed by atoms with Gasteiger partial charge in [-0.05, 0) is 36.4 Å². The highest BCUT2D eigenvalue weighted by atomic mass is 16.5. The van der Waals surface area contributed by atoms with Crippen molar-refractivity contribution in [2.75, 3.05) is 26.7 Å². The van der Waals surface area contributed by atoms with E-state index >= 15 is 0 Å². The number of pyridine rings is 1. The molecule has 3 aromatic rings. The van der Waals surface area contributed by atoms with Crippen LogP contribution in [0.15, 0.2) is 48.7 Å². The summed E-state index contributed by atoms with van der Waals surface area (Å²) in [6.07, 6.45) is 2.00. The highest BCUT2D eigenvalue weighted by molar-refractivity contribution is 5.74. The third-order valence-electron chi connectivity index (χ3n) is 4.92. The second-order valence-corrected chi connectivity index (χ2v) is 6.64. The number of nitrogens with zero attached hydrogens (tertiary/aromatic N) is 3. The van der Waals surface area contributed by atoms with E-state index in [4.69, 9.17) is 9.72 Å². The lowest BCUT2D eigenvalue weighted by atomic mass is 10.1. The average molecular weight is 366 g/mol. The van der Waals surface area contributed by atoms with Crippen molar-refractivity contribution in [2.24, 2.45) is 0 Å². The Bertz CT molecular complexity index is 952. The fraction of sp³-hybridized carbons (Fsp3) is 0.300. The van der Waals surface area contributed by atoms with Crippen LogP contribution in [-0.4, -0.2) is 58.1 Å². The minimum absolute atomic E-state index is 0.470. The molecule has 1 aromatic carbocycles. The number of imidazole rings is 1. The molecular weight excluding hydrogens is 344 g/mol. The number of rotatable bonds is 5. The smallest absolute Gasteiger partial charge is 0.322 e. The summed E-state index contributed by atoms with van der Waals surface area (Å²) >= 11 is 0. The molecular formula is C20H22N4O3. The van der Waals surface area contributed by atoms with Crippen LogP contribution in [0.5, 0.6) is 5.75 Å². The first-order valence-corrected chi connectivity index (χ1v) is 8.94. The second kappa shape index (κ2) is 7.38. The highest BCUT2D eigenvalue weighted by Crippen LogP contribution is 2.27. The van der Waals surface area contributed by atoms with Crippen LogP contribution < -0.4 is 10.1 Å². The van der Waals surface area contributed by atoms with Gasteiger partial charge in [0, 0.05) is 37.9 Å². The van der Waals surface area contributed by atoms with Gasteiger partial charge in [0.25, 0.3) is 0 Å². The van der Waals surface area contributed by atoms with Crippen molar-refractivity contribution in [3.8, 4) is 17.0 Å². The molecule has 0 radical (unpaired) electrons. The largest absolute Gasteiger partial charge is 0.497 e. The van der Waals surface area contributed by atoms with Crippen molar-refractivity contribution < 1.29 is 14.6 Å². The van der Waals surface area contributed by atoms with E-state index in [0.29, 0.717) is 19.6 Å². The molecule has 27 heavy (non-hydrogen) atoms. The van der Waals surface area contributed by atoms with Gasteiger partial charge in [0.1, 0.15) is 17.4 Å². The number of fused-ring (bicyclic) bond motifs is 1. The molecule has 0 aliphatic carbocycles. The monoisotopic (exact) mass is 366 g/mol. The molecule has 0 saturated carbocycles. The van der Waals surface area contributed by atoms with Gasteiger partial charge in [0.05, 0.1) is 18.5 Å². The maximum Gasteiger partial charge on any atom is 0.322 e. The Balaban J connectivity index is 1.71. The lowest BCUT2D eigenvalue weighted by molar-refractivity contribution is -0.140. The van der Waals surface area contributed by atoms with Crippen molar-refractivity contribution >= 4 is 11.6 Å². The van der Waals surface area contributed by atoms with E-state index in [0.717, 1.165) is 34.9 Å². The molecule has 0 amide bonds. The summed E-state index contributed by atoms with van der Waals surface area (Å²) in [6.45, 7) is 2.56. The zero-order valence-electron chi connectivity index (χ0n) is 15.1. The number of ether oxygens (including phenoxy) is 1. The van der Waals surface area contributed by atoms with Crippen molar-refractivity contribution in [2.45, 2.75) is 12.6 Å². The molecule has 1 unspecified atom stereocenters. The number of carbonyl (C=O) groups is 1. The summed E-state index contributed by atoms with van der Waals surface area (Å²) < 4.78 is 7.33. The molecule has 1 saturated heterocycles. The van der Waals surface area contributed by atoms with Gasteiger partial charge in [-0.25, -0.2) is 4.98 Å². The van der Waals surface area contributed by atoms with Crippen LogP contribution >= 0.6 is 0 Å². The van der Waals surface area contributed by atoms with E-state index in [1.54, 1.807) is 7.11 Å². The third-order valence-corrected chi connectivity index (χ3v) is 4.92. The molecule has 0 spiro atoms. The minimum Gasteiger partial charge on any atom is -0.497 e. The Kier molecular flexibility index (Phi) is 4.79. The lowest BCUT2D eigenvalue weighted by Gasteiger charge is -2.31. The number of carboxylic acid groups (broad SMARTS) is 1. The van der Waals surface area contributed by atoms with Gasteiger partial charge in [-0.15, -0.1) is 0 Å². The summed E-state index contributed by atoms with van der Waals surface area (Å²) in [5, 5.41) is 12.4. The molecule has 7 nitrogen and oxygen atoms in total. The molecule has 140 valence electrons. The Hall–Kier alpha value is -2.90. The lowest BCUT2D eigenvalue weighted by Crippen LogP contribution is -2.53. The third kappa shape index (κ3) is 3.51. The van der Waals surface area contributed by atoms with Crippen LogP contribution in [0.25, 0.3) is 16.9 Å². The molecule has 1 atom stereocenters. The number of nitrogens with one attached hydrogen (secondary N) is 1. The average Bonchev–Trinajstić information content (AvgIpc) is 3.07. The summed E-state index contributed by atoms with van der Waals surface area (Å²) in [7, 11) is 1.65. The standard InChI is InChI=1S/C20H22N4O3/c1-27-15-7-5-14(6-8-15)19-17(24-10-3-2-4-18(24)22-19)13-23-11-9-21-16(12-23)20(25)26/h2-8,10,16,21H,9,11-13H2,1H3,(H,25,26). The number of carboxylic acids is 1. The predicted molar refractivity (Wildman–Crippen MR) is 102 cm³/mol. The van der Waals surface area contributed by atoms with Crippen LogP contribution in [0.2, 0.25) is 0 Å². The van der Waals surface area contributed by atoms with Crippen LogP contribution in [0.3, 0.4) is 0 Å². The van der Waals surface area contributed by atoms with E-state index in [-0.39, 0.29) is 0 Å². The molecule has 1 aliphatic rings. The number of piperazine rings is 1. The van der Waals surface area contributed by atoms with E-state index < -0.39 is 12.0 Å². The maximum atomic E-state index is 11.3. The van der Waals surface area contributed by atoms with Gasteiger partial charge < -0.3 is 19.6 Å². The van der Waals surface area contributed by atoms with Gasteiger partial charge in [-0.1, -0.05) is 6.07 Å². The quantitative estimate of drug-likeness (QED) is 0.718. The van der Waals surface area contributed by atoms with Gasteiger partial charge in [-0.3, -0.25) is 9.69 Å². The number of methoxy groups -OCH3 is 1. The topological polar surface area (TPSA) is 79.1 Å². The zero-order valence-corrected chi connectivity index (χ0v) is 15.1. The van der Waals surface area contributed by atoms with Crippen LogP contribution in [0.1, 0.15) is 5.69 Å². The minimum atomic E-state index is -0.812. The van der Waals surface area contributed by atoms with E-state index in [1.165, 1.54) is 0 Å². The number of hydrogen-bond acceptors (Lipinski definition) is 5.